The van der Waals surface area contributed by atoms with Crippen molar-refractivity contribution in [1.82, 2.24) is 14.8 Å². The minimum Gasteiger partial charge on any atom is -0.324 e. The SMILES string of the molecule is Cc1nn(CC(=O)Nc2ccc3c(c2)C(=O)N(C)c2cccnc2S3)c(C)c1Cl. The Bertz CT molecular complexity index is 1140. The smallest absolute Gasteiger partial charge is 0.259 e. The van der Waals surface area contributed by atoms with Crippen LogP contribution in [-0.2, 0) is 11.3 Å². The lowest BCUT2D eigenvalue weighted by atomic mass is 10.1. The zero-order valence-electron chi connectivity index (χ0n) is 16.1. The predicted molar refractivity (Wildman–Crippen MR) is 113 cm³/mol. The first-order valence-electron chi connectivity index (χ1n) is 8.89. The van der Waals surface area contributed by atoms with Gasteiger partial charge in [-0.25, -0.2) is 4.98 Å². The predicted octanol–water partition coefficient (Wildman–Crippen LogP) is 3.93. The van der Waals surface area contributed by atoms with Crippen molar-refractivity contribution in [3.8, 4) is 0 Å². The number of carbonyl (C=O) groups excluding carboxylic acids is 2. The molecule has 2 amide bonds. The van der Waals surface area contributed by atoms with Crippen molar-refractivity contribution in [1.29, 1.82) is 0 Å². The number of amides is 2. The molecule has 2 aromatic heterocycles. The second-order valence-corrected chi connectivity index (χ2v) is 8.10. The highest BCUT2D eigenvalue weighted by atomic mass is 35.5. The van der Waals surface area contributed by atoms with Crippen LogP contribution in [0.3, 0.4) is 0 Å². The van der Waals surface area contributed by atoms with E-state index in [1.54, 1.807) is 47.9 Å². The summed E-state index contributed by atoms with van der Waals surface area (Å²) in [5.74, 6) is -0.403. The Morgan fingerprint density at radius 2 is 2.07 bits per heavy atom. The summed E-state index contributed by atoms with van der Waals surface area (Å²) in [5.41, 5.74) is 3.23. The molecule has 1 N–H and O–H groups in total. The van der Waals surface area contributed by atoms with Gasteiger partial charge in [0.2, 0.25) is 5.91 Å². The summed E-state index contributed by atoms with van der Waals surface area (Å²) < 4.78 is 1.56. The monoisotopic (exact) mass is 427 g/mol. The number of carbonyl (C=O) groups is 2. The fourth-order valence-corrected chi connectivity index (χ4v) is 4.30. The molecule has 0 saturated carbocycles. The third-order valence-electron chi connectivity index (χ3n) is 4.70. The molecule has 9 heteroatoms. The average Bonchev–Trinajstić information content (AvgIpc) is 2.88. The largest absolute Gasteiger partial charge is 0.324 e. The van der Waals surface area contributed by atoms with Crippen LogP contribution in [0.1, 0.15) is 21.7 Å². The summed E-state index contributed by atoms with van der Waals surface area (Å²) in [4.78, 5) is 32.2. The molecule has 0 radical (unpaired) electrons. The number of anilines is 2. The molecule has 1 aliphatic heterocycles. The van der Waals surface area contributed by atoms with Crippen molar-refractivity contribution in [3.63, 3.8) is 0 Å². The molecule has 3 aromatic rings. The van der Waals surface area contributed by atoms with Crippen LogP contribution in [0, 0.1) is 13.8 Å². The van der Waals surface area contributed by atoms with E-state index in [1.165, 1.54) is 11.8 Å². The highest BCUT2D eigenvalue weighted by Crippen LogP contribution is 2.40. The number of pyridine rings is 1. The number of benzene rings is 1. The highest BCUT2D eigenvalue weighted by molar-refractivity contribution is 7.99. The Labute approximate surface area is 177 Å². The molecular weight excluding hydrogens is 410 g/mol. The van der Waals surface area contributed by atoms with Crippen LogP contribution in [0.15, 0.2) is 46.5 Å². The van der Waals surface area contributed by atoms with E-state index in [1.807, 2.05) is 19.1 Å². The van der Waals surface area contributed by atoms with Gasteiger partial charge in [0.1, 0.15) is 11.6 Å². The van der Waals surface area contributed by atoms with E-state index in [-0.39, 0.29) is 18.4 Å². The Hall–Kier alpha value is -2.84. The van der Waals surface area contributed by atoms with Gasteiger partial charge < -0.3 is 10.2 Å². The van der Waals surface area contributed by atoms with Crippen molar-refractivity contribution in [2.75, 3.05) is 17.3 Å². The van der Waals surface area contributed by atoms with Gasteiger partial charge in [0.05, 0.1) is 27.7 Å². The Morgan fingerprint density at radius 1 is 1.28 bits per heavy atom. The summed E-state index contributed by atoms with van der Waals surface area (Å²) >= 11 is 7.57. The molecule has 0 bridgehead atoms. The maximum absolute atomic E-state index is 13.0. The molecule has 0 atom stereocenters. The van der Waals surface area contributed by atoms with Crippen LogP contribution in [-0.4, -0.2) is 33.6 Å². The van der Waals surface area contributed by atoms with Crippen molar-refractivity contribution in [2.45, 2.75) is 30.3 Å². The number of nitrogens with one attached hydrogen (secondary N) is 1. The summed E-state index contributed by atoms with van der Waals surface area (Å²) in [5, 5.41) is 8.43. The zero-order valence-corrected chi connectivity index (χ0v) is 17.6. The first-order chi connectivity index (χ1) is 13.8. The van der Waals surface area contributed by atoms with E-state index in [9.17, 15) is 9.59 Å². The van der Waals surface area contributed by atoms with Crippen LogP contribution in [0.4, 0.5) is 11.4 Å². The third kappa shape index (κ3) is 3.61. The molecule has 0 aliphatic carbocycles. The molecule has 0 spiro atoms. The van der Waals surface area contributed by atoms with Crippen LogP contribution in [0.2, 0.25) is 5.02 Å². The molecule has 4 rings (SSSR count). The van der Waals surface area contributed by atoms with E-state index in [2.05, 4.69) is 15.4 Å². The Balaban J connectivity index is 1.58. The molecule has 1 aromatic carbocycles. The quantitative estimate of drug-likeness (QED) is 0.685. The number of hydrogen-bond donors (Lipinski definition) is 1. The number of halogens is 1. The minimum atomic E-state index is -0.251. The molecule has 7 nitrogen and oxygen atoms in total. The van der Waals surface area contributed by atoms with Gasteiger partial charge in [-0.1, -0.05) is 23.4 Å². The molecule has 1 aliphatic rings. The van der Waals surface area contributed by atoms with Crippen LogP contribution < -0.4 is 10.2 Å². The maximum Gasteiger partial charge on any atom is 0.259 e. The summed E-state index contributed by atoms with van der Waals surface area (Å²) in [6.07, 6.45) is 1.70. The fourth-order valence-electron chi connectivity index (χ4n) is 3.14. The van der Waals surface area contributed by atoms with Crippen molar-refractivity contribution < 1.29 is 9.59 Å². The first kappa shape index (κ1) is 19.5. The van der Waals surface area contributed by atoms with Crippen molar-refractivity contribution in [2.24, 2.45) is 0 Å². The number of fused-ring (bicyclic) bond motifs is 2. The Kier molecular flexibility index (Phi) is 5.06. The van der Waals surface area contributed by atoms with Gasteiger partial charge in [0, 0.05) is 23.8 Å². The number of nitrogens with zero attached hydrogens (tertiary/aromatic N) is 4. The second kappa shape index (κ2) is 7.53. The number of rotatable bonds is 3. The molecular formula is C20H18ClN5O2S. The van der Waals surface area contributed by atoms with Gasteiger partial charge in [0.25, 0.3) is 5.91 Å². The topological polar surface area (TPSA) is 80.1 Å². The standard InChI is InChI=1S/C20H18ClN5O2S/c1-11-18(21)12(2)26(24-11)10-17(27)23-13-6-7-16-14(9-13)20(28)25(3)15-5-4-8-22-19(15)29-16/h4-9H,10H2,1-3H3,(H,23,27). The van der Waals surface area contributed by atoms with E-state index in [0.29, 0.717) is 22.0 Å². The van der Waals surface area contributed by atoms with E-state index in [0.717, 1.165) is 21.3 Å². The van der Waals surface area contributed by atoms with E-state index < -0.39 is 0 Å². The van der Waals surface area contributed by atoms with Gasteiger partial charge in [-0.2, -0.15) is 5.10 Å². The van der Waals surface area contributed by atoms with Gasteiger partial charge in [0.15, 0.2) is 0 Å². The lowest BCUT2D eigenvalue weighted by Gasteiger charge is -2.16. The van der Waals surface area contributed by atoms with Gasteiger partial charge in [-0.05, 0) is 44.2 Å². The lowest BCUT2D eigenvalue weighted by Crippen LogP contribution is -2.26. The van der Waals surface area contributed by atoms with E-state index in [4.69, 9.17) is 11.6 Å². The third-order valence-corrected chi connectivity index (χ3v) is 6.33. The fraction of sp³-hybridized carbons (Fsp3) is 0.200. The summed E-state index contributed by atoms with van der Waals surface area (Å²) in [7, 11) is 1.72. The second-order valence-electron chi connectivity index (χ2n) is 6.70. The molecule has 0 saturated heterocycles. The zero-order chi connectivity index (χ0) is 20.7. The molecule has 0 unspecified atom stereocenters. The highest BCUT2D eigenvalue weighted by Gasteiger charge is 2.26. The van der Waals surface area contributed by atoms with Crippen LogP contribution in [0.5, 0.6) is 0 Å². The first-order valence-corrected chi connectivity index (χ1v) is 10.1. The number of aromatic nitrogens is 3. The lowest BCUT2D eigenvalue weighted by molar-refractivity contribution is -0.116. The maximum atomic E-state index is 13.0. The van der Waals surface area contributed by atoms with E-state index >= 15 is 0 Å². The number of hydrogen-bond acceptors (Lipinski definition) is 5. The van der Waals surface area contributed by atoms with Crippen molar-refractivity contribution >= 4 is 46.6 Å². The molecule has 148 valence electrons. The molecule has 3 heterocycles. The molecule has 29 heavy (non-hydrogen) atoms. The normalized spacial score (nSPS) is 13.0. The average molecular weight is 428 g/mol. The van der Waals surface area contributed by atoms with Crippen molar-refractivity contribution in [3.05, 3.63) is 58.5 Å². The Morgan fingerprint density at radius 3 is 2.79 bits per heavy atom. The molecule has 0 fully saturated rings. The summed E-state index contributed by atoms with van der Waals surface area (Å²) in [6, 6.07) is 8.96. The van der Waals surface area contributed by atoms with Gasteiger partial charge in [-0.3, -0.25) is 14.3 Å². The number of aryl methyl sites for hydroxylation is 1. The van der Waals surface area contributed by atoms with Gasteiger partial charge >= 0.3 is 0 Å². The van der Waals surface area contributed by atoms with Gasteiger partial charge in [-0.15, -0.1) is 0 Å². The minimum absolute atomic E-state index is 0.0361. The van der Waals surface area contributed by atoms with Crippen LogP contribution >= 0.6 is 23.4 Å². The van der Waals surface area contributed by atoms with Crippen LogP contribution in [0.25, 0.3) is 0 Å². The summed E-state index contributed by atoms with van der Waals surface area (Å²) in [6.45, 7) is 3.65.